The molecule has 1 aliphatic rings. The maximum absolute atomic E-state index is 15.1. The highest BCUT2D eigenvalue weighted by molar-refractivity contribution is 8.03. The molecule has 192 valence electrons. The van der Waals surface area contributed by atoms with E-state index in [1.165, 1.54) is 6.07 Å². The number of rotatable bonds is 8. The molecule has 1 heterocycles. The van der Waals surface area contributed by atoms with Crippen molar-refractivity contribution in [3.8, 4) is 6.07 Å². The first-order valence-corrected chi connectivity index (χ1v) is 13.1. The van der Waals surface area contributed by atoms with E-state index >= 15 is 4.39 Å². The molecule has 38 heavy (non-hydrogen) atoms. The summed E-state index contributed by atoms with van der Waals surface area (Å²) in [4.78, 5) is 26.2. The molecule has 3 N–H and O–H groups in total. The first-order chi connectivity index (χ1) is 18.4. The molecule has 2 amide bonds. The summed E-state index contributed by atoms with van der Waals surface area (Å²) in [5, 5.41) is 19.5. The molecule has 0 saturated heterocycles. The Kier molecular flexibility index (Phi) is 8.62. The number of aryl methyl sites for hydroxylation is 1. The molecule has 3 aromatic carbocycles. The van der Waals surface area contributed by atoms with Crippen LogP contribution in [0, 0.1) is 17.1 Å². The van der Waals surface area contributed by atoms with E-state index in [9.17, 15) is 14.9 Å². The molecule has 1 atom stereocenters. The Bertz CT molecular complexity index is 1460. The van der Waals surface area contributed by atoms with Gasteiger partial charge in [0.2, 0.25) is 5.91 Å². The van der Waals surface area contributed by atoms with Crippen LogP contribution in [0.1, 0.15) is 30.9 Å². The van der Waals surface area contributed by atoms with Crippen molar-refractivity contribution in [2.45, 2.75) is 26.2 Å². The minimum atomic E-state index is -0.947. The molecule has 0 spiro atoms. The highest BCUT2D eigenvalue weighted by Gasteiger charge is 2.36. The van der Waals surface area contributed by atoms with Gasteiger partial charge in [-0.25, -0.2) is 4.39 Å². The number of benzene rings is 3. The molecule has 1 aliphatic heterocycles. The maximum Gasteiger partial charge on any atom is 0.254 e. The third-order valence-corrected chi connectivity index (χ3v) is 7.18. The standard InChI is InChI=1S/C30H27FN4O2S/c1-3-20-11-7-10-16-25(20)35-26(36)18-38-30-23(17-32)28(22-14-8-9-15-24(22)31)27(19(2)33-30)29(37)34-21-12-5-4-6-13-21/h4-16,28,33H,3,18H2,1-2H3,(H,34,37)(H,35,36)/t28-/m1/s1. The zero-order valence-electron chi connectivity index (χ0n) is 21.0. The van der Waals surface area contributed by atoms with Crippen LogP contribution in [0.25, 0.3) is 0 Å². The summed E-state index contributed by atoms with van der Waals surface area (Å²) < 4.78 is 15.1. The summed E-state index contributed by atoms with van der Waals surface area (Å²) in [6.07, 6.45) is 0.775. The summed E-state index contributed by atoms with van der Waals surface area (Å²) in [6.45, 7) is 3.72. The van der Waals surface area contributed by atoms with Crippen molar-refractivity contribution in [2.24, 2.45) is 0 Å². The second kappa shape index (κ2) is 12.3. The van der Waals surface area contributed by atoms with Gasteiger partial charge in [-0.05, 0) is 43.2 Å². The van der Waals surface area contributed by atoms with E-state index in [0.717, 1.165) is 29.4 Å². The summed E-state index contributed by atoms with van der Waals surface area (Å²) in [5.74, 6) is -2.13. The van der Waals surface area contributed by atoms with Crippen LogP contribution in [0.3, 0.4) is 0 Å². The van der Waals surface area contributed by atoms with Gasteiger partial charge in [-0.2, -0.15) is 5.26 Å². The average Bonchev–Trinajstić information content (AvgIpc) is 2.92. The lowest BCUT2D eigenvalue weighted by molar-refractivity contribution is -0.114. The predicted octanol–water partition coefficient (Wildman–Crippen LogP) is 6.09. The number of anilines is 2. The summed E-state index contributed by atoms with van der Waals surface area (Å²) >= 11 is 1.14. The molecule has 0 fully saturated rings. The fourth-order valence-electron chi connectivity index (χ4n) is 4.34. The van der Waals surface area contributed by atoms with E-state index in [4.69, 9.17) is 0 Å². The Morgan fingerprint density at radius 1 is 1.00 bits per heavy atom. The van der Waals surface area contributed by atoms with Crippen LogP contribution < -0.4 is 16.0 Å². The molecular formula is C30H27FN4O2S. The van der Waals surface area contributed by atoms with E-state index in [1.54, 1.807) is 49.4 Å². The number of carbonyl (C=O) groups is 2. The van der Waals surface area contributed by atoms with E-state index in [-0.39, 0.29) is 28.4 Å². The van der Waals surface area contributed by atoms with Crippen LogP contribution in [0.4, 0.5) is 15.8 Å². The lowest BCUT2D eigenvalue weighted by atomic mass is 9.82. The van der Waals surface area contributed by atoms with Crippen LogP contribution in [0.15, 0.2) is 101 Å². The highest BCUT2D eigenvalue weighted by atomic mass is 32.2. The van der Waals surface area contributed by atoms with Crippen LogP contribution in [-0.2, 0) is 16.0 Å². The molecule has 8 heteroatoms. The fourth-order valence-corrected chi connectivity index (χ4v) is 5.23. The number of nitrogens with one attached hydrogen (secondary N) is 3. The molecule has 0 aromatic heterocycles. The largest absolute Gasteiger partial charge is 0.353 e. The van der Waals surface area contributed by atoms with Crippen molar-refractivity contribution in [2.75, 3.05) is 16.4 Å². The van der Waals surface area contributed by atoms with Crippen molar-refractivity contribution in [1.29, 1.82) is 5.26 Å². The third-order valence-electron chi connectivity index (χ3n) is 6.16. The summed E-state index contributed by atoms with van der Waals surface area (Å²) in [7, 11) is 0. The van der Waals surface area contributed by atoms with Gasteiger partial charge in [-0.15, -0.1) is 0 Å². The lowest BCUT2D eigenvalue weighted by Crippen LogP contribution is -2.31. The monoisotopic (exact) mass is 526 g/mol. The Morgan fingerprint density at radius 2 is 1.68 bits per heavy atom. The molecule has 4 rings (SSSR count). The number of dihydropyridines is 1. The van der Waals surface area contributed by atoms with Crippen LogP contribution in [-0.4, -0.2) is 17.6 Å². The topological polar surface area (TPSA) is 94.0 Å². The zero-order chi connectivity index (χ0) is 27.1. The number of nitrogens with zero attached hydrogens (tertiary/aromatic N) is 1. The molecule has 0 unspecified atom stereocenters. The second-order valence-electron chi connectivity index (χ2n) is 8.64. The van der Waals surface area contributed by atoms with E-state index in [1.807, 2.05) is 37.3 Å². The Balaban J connectivity index is 1.64. The number of allylic oxidation sites excluding steroid dienone is 2. The summed E-state index contributed by atoms with van der Waals surface area (Å²) in [6, 6.07) is 24.8. The predicted molar refractivity (Wildman–Crippen MR) is 150 cm³/mol. The third kappa shape index (κ3) is 5.96. The minimum Gasteiger partial charge on any atom is -0.353 e. The first-order valence-electron chi connectivity index (χ1n) is 12.2. The normalized spacial score (nSPS) is 14.9. The number of nitriles is 1. The van der Waals surface area contributed by atoms with Gasteiger partial charge >= 0.3 is 0 Å². The van der Waals surface area contributed by atoms with Crippen LogP contribution in [0.2, 0.25) is 0 Å². The minimum absolute atomic E-state index is 0.0222. The number of hydrogen-bond donors (Lipinski definition) is 3. The molecule has 0 radical (unpaired) electrons. The number of carbonyl (C=O) groups excluding carboxylic acids is 2. The quantitative estimate of drug-likeness (QED) is 0.330. The number of halogens is 1. The molecule has 0 aliphatic carbocycles. The van der Waals surface area contributed by atoms with Crippen molar-refractivity contribution in [3.63, 3.8) is 0 Å². The molecule has 0 bridgehead atoms. The van der Waals surface area contributed by atoms with Gasteiger partial charge < -0.3 is 16.0 Å². The first kappa shape index (κ1) is 26.7. The van der Waals surface area contributed by atoms with Gasteiger partial charge in [0.25, 0.3) is 5.91 Å². The van der Waals surface area contributed by atoms with Gasteiger partial charge in [0.1, 0.15) is 5.82 Å². The van der Waals surface area contributed by atoms with Gasteiger partial charge in [-0.1, -0.05) is 73.3 Å². The Labute approximate surface area is 225 Å². The fraction of sp³-hybridized carbons (Fsp3) is 0.167. The smallest absolute Gasteiger partial charge is 0.254 e. The molecule has 6 nitrogen and oxygen atoms in total. The van der Waals surface area contributed by atoms with Gasteiger partial charge in [0.15, 0.2) is 0 Å². The van der Waals surface area contributed by atoms with Crippen LogP contribution >= 0.6 is 11.8 Å². The Morgan fingerprint density at radius 3 is 2.39 bits per heavy atom. The van der Waals surface area contributed by atoms with E-state index in [2.05, 4.69) is 22.0 Å². The zero-order valence-corrected chi connectivity index (χ0v) is 21.9. The van der Waals surface area contributed by atoms with Crippen molar-refractivity contribution < 1.29 is 14.0 Å². The molecule has 0 saturated carbocycles. The number of para-hydroxylation sites is 2. The van der Waals surface area contributed by atoms with Gasteiger partial charge in [-0.3, -0.25) is 9.59 Å². The van der Waals surface area contributed by atoms with Gasteiger partial charge in [0, 0.05) is 28.2 Å². The number of thioether (sulfide) groups is 1. The highest BCUT2D eigenvalue weighted by Crippen LogP contribution is 2.41. The average molecular weight is 527 g/mol. The second-order valence-corrected chi connectivity index (χ2v) is 9.63. The van der Waals surface area contributed by atoms with Gasteiger partial charge in [0.05, 0.1) is 28.3 Å². The van der Waals surface area contributed by atoms with E-state index in [0.29, 0.717) is 16.4 Å². The number of amides is 2. The summed E-state index contributed by atoms with van der Waals surface area (Å²) in [5.41, 5.74) is 3.44. The van der Waals surface area contributed by atoms with Crippen molar-refractivity contribution in [1.82, 2.24) is 5.32 Å². The maximum atomic E-state index is 15.1. The molecular weight excluding hydrogens is 499 g/mol. The van der Waals surface area contributed by atoms with E-state index < -0.39 is 17.6 Å². The molecule has 3 aromatic rings. The lowest BCUT2D eigenvalue weighted by Gasteiger charge is -2.30. The number of hydrogen-bond acceptors (Lipinski definition) is 5. The Hall–Kier alpha value is -4.35. The van der Waals surface area contributed by atoms with Crippen molar-refractivity contribution >= 4 is 35.0 Å². The van der Waals surface area contributed by atoms with Crippen molar-refractivity contribution in [3.05, 3.63) is 118 Å². The van der Waals surface area contributed by atoms with Crippen LogP contribution in [0.5, 0.6) is 0 Å². The SMILES string of the molecule is CCc1ccccc1NC(=O)CSC1=C(C#N)[C@@H](c2ccccc2F)C(C(=O)Nc2ccccc2)=C(C)N1.